The predicted octanol–water partition coefficient (Wildman–Crippen LogP) is 0.212. The molecule has 1 aliphatic heterocycles. The maximum Gasteiger partial charge on any atom is 0.240 e. The van der Waals surface area contributed by atoms with E-state index in [2.05, 4.69) is 5.32 Å². The lowest BCUT2D eigenvalue weighted by Crippen LogP contribution is -2.76. The van der Waals surface area contributed by atoms with Crippen LogP contribution >= 0.6 is 0 Å². The molecule has 0 bridgehead atoms. The van der Waals surface area contributed by atoms with Gasteiger partial charge >= 0.3 is 0 Å². The van der Waals surface area contributed by atoms with Crippen molar-refractivity contribution in [2.24, 2.45) is 11.1 Å². The Kier molecular flexibility index (Phi) is 4.39. The highest BCUT2D eigenvalue weighted by molar-refractivity contribution is 7.92. The largest absolute Gasteiger partial charge is 0.378 e. The molecular formula is C14H26N2O4S. The number of hydrogen-bond acceptors (Lipinski definition) is 5. The van der Waals surface area contributed by atoms with Crippen molar-refractivity contribution >= 4 is 15.7 Å². The van der Waals surface area contributed by atoms with E-state index in [4.69, 9.17) is 10.5 Å². The van der Waals surface area contributed by atoms with Crippen LogP contribution < -0.4 is 11.1 Å². The molecule has 1 amide bonds. The van der Waals surface area contributed by atoms with Crippen molar-refractivity contribution in [2.45, 2.75) is 56.9 Å². The van der Waals surface area contributed by atoms with Gasteiger partial charge in [-0.3, -0.25) is 4.79 Å². The highest BCUT2D eigenvalue weighted by Gasteiger charge is 2.62. The summed E-state index contributed by atoms with van der Waals surface area (Å²) in [6, 6.07) is 0. The highest BCUT2D eigenvalue weighted by atomic mass is 32.2. The summed E-state index contributed by atoms with van der Waals surface area (Å²) in [6.45, 7) is 6.50. The Morgan fingerprint density at radius 1 is 1.43 bits per heavy atom. The fourth-order valence-corrected chi connectivity index (χ4v) is 5.04. The van der Waals surface area contributed by atoms with Crippen LogP contribution in [0.3, 0.4) is 0 Å². The lowest BCUT2D eigenvalue weighted by molar-refractivity contribution is -0.170. The van der Waals surface area contributed by atoms with Crippen LogP contribution in [0, 0.1) is 5.41 Å². The van der Waals surface area contributed by atoms with E-state index in [1.54, 1.807) is 0 Å². The first-order valence-electron chi connectivity index (χ1n) is 7.55. The summed E-state index contributed by atoms with van der Waals surface area (Å²) in [4.78, 5) is 12.4. The number of ether oxygens (including phenoxy) is 1. The second kappa shape index (κ2) is 5.52. The number of rotatable bonds is 5. The Balaban J connectivity index is 1.95. The molecule has 0 aromatic rings. The van der Waals surface area contributed by atoms with Gasteiger partial charge in [0.25, 0.3) is 0 Å². The predicted molar refractivity (Wildman–Crippen MR) is 80.5 cm³/mol. The SMILES string of the molecule is CCOC1CC(N)(C(=O)NCC2CCCS2(=O)=O)C1(C)C. The Bertz CT molecular complexity index is 517. The third-order valence-corrected chi connectivity index (χ3v) is 7.46. The van der Waals surface area contributed by atoms with Gasteiger partial charge in [-0.1, -0.05) is 13.8 Å². The molecule has 1 saturated carbocycles. The second-order valence-electron chi connectivity index (χ2n) is 6.68. The lowest BCUT2D eigenvalue weighted by Gasteiger charge is -2.57. The van der Waals surface area contributed by atoms with Gasteiger partial charge in [0.05, 0.1) is 17.1 Å². The monoisotopic (exact) mass is 318 g/mol. The van der Waals surface area contributed by atoms with E-state index in [0.29, 0.717) is 25.9 Å². The zero-order valence-corrected chi connectivity index (χ0v) is 13.8. The molecule has 2 fully saturated rings. The quantitative estimate of drug-likeness (QED) is 0.755. The Morgan fingerprint density at radius 3 is 2.57 bits per heavy atom. The summed E-state index contributed by atoms with van der Waals surface area (Å²) in [5, 5.41) is 2.28. The molecule has 1 saturated heterocycles. The van der Waals surface area contributed by atoms with Crippen molar-refractivity contribution in [3.05, 3.63) is 0 Å². The van der Waals surface area contributed by atoms with E-state index in [-0.39, 0.29) is 24.3 Å². The summed E-state index contributed by atoms with van der Waals surface area (Å²) in [5.74, 6) is -0.0512. The number of hydrogen-bond donors (Lipinski definition) is 2. The molecule has 3 atom stereocenters. The molecule has 7 heteroatoms. The zero-order chi connectivity index (χ0) is 15.9. The van der Waals surface area contributed by atoms with Crippen LogP contribution in [0.5, 0.6) is 0 Å². The van der Waals surface area contributed by atoms with Gasteiger partial charge in [0, 0.05) is 25.0 Å². The van der Waals surface area contributed by atoms with Crippen LogP contribution in [-0.4, -0.2) is 50.1 Å². The van der Waals surface area contributed by atoms with Crippen LogP contribution in [0.4, 0.5) is 0 Å². The van der Waals surface area contributed by atoms with E-state index in [0.717, 1.165) is 0 Å². The molecule has 2 rings (SSSR count). The van der Waals surface area contributed by atoms with Crippen molar-refractivity contribution in [3.8, 4) is 0 Å². The summed E-state index contributed by atoms with van der Waals surface area (Å²) in [6.07, 6.45) is 1.73. The van der Waals surface area contributed by atoms with Gasteiger partial charge < -0.3 is 15.8 Å². The van der Waals surface area contributed by atoms with Gasteiger partial charge in [0.1, 0.15) is 5.54 Å². The molecule has 1 aliphatic carbocycles. The van der Waals surface area contributed by atoms with Gasteiger partial charge in [-0.05, 0) is 19.8 Å². The molecular weight excluding hydrogens is 292 g/mol. The summed E-state index contributed by atoms with van der Waals surface area (Å²) >= 11 is 0. The number of nitrogens with one attached hydrogen (secondary N) is 1. The minimum atomic E-state index is -3.05. The molecule has 0 spiro atoms. The maximum atomic E-state index is 12.4. The average molecular weight is 318 g/mol. The molecule has 0 aromatic heterocycles. The first kappa shape index (κ1) is 16.7. The molecule has 2 aliphatic rings. The van der Waals surface area contributed by atoms with Gasteiger partial charge in [0.15, 0.2) is 9.84 Å². The third kappa shape index (κ3) is 2.71. The van der Waals surface area contributed by atoms with Crippen LogP contribution in [0.2, 0.25) is 0 Å². The molecule has 6 nitrogen and oxygen atoms in total. The van der Waals surface area contributed by atoms with Crippen LogP contribution in [0.1, 0.15) is 40.0 Å². The minimum absolute atomic E-state index is 0.0338. The fourth-order valence-electron chi connectivity index (χ4n) is 3.27. The Hall–Kier alpha value is -0.660. The zero-order valence-electron chi connectivity index (χ0n) is 13.0. The van der Waals surface area contributed by atoms with Gasteiger partial charge in [-0.2, -0.15) is 0 Å². The summed E-state index contributed by atoms with van der Waals surface area (Å²) in [7, 11) is -3.05. The smallest absolute Gasteiger partial charge is 0.240 e. The van der Waals surface area contributed by atoms with Crippen LogP contribution in [0.15, 0.2) is 0 Å². The first-order chi connectivity index (χ1) is 9.65. The topological polar surface area (TPSA) is 98.5 Å². The number of nitrogens with two attached hydrogens (primary N) is 1. The number of carbonyl (C=O) groups is 1. The van der Waals surface area contributed by atoms with Crippen molar-refractivity contribution in [3.63, 3.8) is 0 Å². The Morgan fingerprint density at radius 2 is 2.10 bits per heavy atom. The molecule has 0 aromatic carbocycles. The number of sulfone groups is 1. The normalized spacial score (nSPS) is 37.0. The van der Waals surface area contributed by atoms with Crippen molar-refractivity contribution < 1.29 is 17.9 Å². The molecule has 3 unspecified atom stereocenters. The van der Waals surface area contributed by atoms with Crippen LogP contribution in [-0.2, 0) is 19.4 Å². The number of carbonyl (C=O) groups excluding carboxylic acids is 1. The molecule has 3 N–H and O–H groups in total. The van der Waals surface area contributed by atoms with Crippen molar-refractivity contribution in [1.82, 2.24) is 5.32 Å². The molecule has 1 heterocycles. The molecule has 0 radical (unpaired) electrons. The van der Waals surface area contributed by atoms with Gasteiger partial charge in [0.2, 0.25) is 5.91 Å². The molecule has 21 heavy (non-hydrogen) atoms. The fraction of sp³-hybridized carbons (Fsp3) is 0.929. The minimum Gasteiger partial charge on any atom is -0.378 e. The Labute approximate surface area is 126 Å². The van der Waals surface area contributed by atoms with E-state index in [1.807, 2.05) is 20.8 Å². The second-order valence-corrected chi connectivity index (χ2v) is 9.08. The van der Waals surface area contributed by atoms with E-state index in [1.165, 1.54) is 0 Å². The van der Waals surface area contributed by atoms with Gasteiger partial charge in [-0.25, -0.2) is 8.42 Å². The third-order valence-electron chi connectivity index (χ3n) is 5.19. The highest BCUT2D eigenvalue weighted by Crippen LogP contribution is 2.49. The van der Waals surface area contributed by atoms with E-state index in [9.17, 15) is 13.2 Å². The van der Waals surface area contributed by atoms with Crippen molar-refractivity contribution in [2.75, 3.05) is 18.9 Å². The standard InChI is InChI=1S/C14H26N2O4S/c1-4-20-11-8-14(15,13(11,2)3)12(17)16-9-10-6-5-7-21(10,18)19/h10-11H,4-9,15H2,1-3H3,(H,16,17). The average Bonchev–Trinajstić information content (AvgIpc) is 2.74. The molecule has 122 valence electrons. The van der Waals surface area contributed by atoms with E-state index >= 15 is 0 Å². The van der Waals surface area contributed by atoms with Crippen LogP contribution in [0.25, 0.3) is 0 Å². The summed E-state index contributed by atoms with van der Waals surface area (Å²) < 4.78 is 29.1. The van der Waals surface area contributed by atoms with Gasteiger partial charge in [-0.15, -0.1) is 0 Å². The first-order valence-corrected chi connectivity index (χ1v) is 9.27. The summed E-state index contributed by atoms with van der Waals surface area (Å²) in [5.41, 5.74) is 4.81. The maximum absolute atomic E-state index is 12.4. The number of amides is 1. The van der Waals surface area contributed by atoms with Crippen molar-refractivity contribution in [1.29, 1.82) is 0 Å². The van der Waals surface area contributed by atoms with E-state index < -0.39 is 26.0 Å². The lowest BCUT2D eigenvalue weighted by atomic mass is 9.54.